The van der Waals surface area contributed by atoms with Crippen LogP contribution in [0.5, 0.6) is 11.5 Å². The van der Waals surface area contributed by atoms with Crippen molar-refractivity contribution < 1.29 is 29.5 Å². The van der Waals surface area contributed by atoms with Crippen molar-refractivity contribution in [2.75, 3.05) is 6.61 Å². The number of nitrogens with zero attached hydrogens (tertiary/aromatic N) is 2. The first kappa shape index (κ1) is 22.0. The third kappa shape index (κ3) is 6.08. The minimum absolute atomic E-state index is 0.0272. The van der Waals surface area contributed by atoms with E-state index in [9.17, 15) is 30.4 Å². The maximum Gasteiger partial charge on any atom is 0.273 e. The van der Waals surface area contributed by atoms with Crippen molar-refractivity contribution in [3.63, 3.8) is 0 Å². The van der Waals surface area contributed by atoms with Gasteiger partial charge in [-0.15, -0.1) is 0 Å². The number of aliphatic hydroxyl groups excluding tert-OH is 2. The number of nitro groups is 2. The molecular weight excluding hydrogens is 388 g/mol. The molecule has 2 rings (SSSR count). The molecule has 4 atom stereocenters. The van der Waals surface area contributed by atoms with Crippen molar-refractivity contribution >= 4 is 11.4 Å². The Bertz CT molecular complexity index is 865. The molecule has 12 nitrogen and oxygen atoms in total. The highest BCUT2D eigenvalue weighted by molar-refractivity contribution is 5.38. The van der Waals surface area contributed by atoms with Crippen molar-refractivity contribution in [3.8, 4) is 11.5 Å². The van der Waals surface area contributed by atoms with Crippen LogP contribution in [0.3, 0.4) is 0 Å². The summed E-state index contributed by atoms with van der Waals surface area (Å²) in [6.07, 6.45) is -4.64. The molecule has 0 aliphatic heterocycles. The SMILES string of the molecule is N[C@@H](COc1cccc([N+](=O)[O-])c1)[C@@H](O)[C@H](O)[C@@H](N)Oc1cccc([N+](=O)[O-])c1. The highest BCUT2D eigenvalue weighted by atomic mass is 16.6. The smallest absolute Gasteiger partial charge is 0.273 e. The van der Waals surface area contributed by atoms with Crippen LogP contribution in [0.15, 0.2) is 48.5 Å². The number of aliphatic hydroxyl groups is 2. The Kier molecular flexibility index (Phi) is 7.39. The molecule has 2 aromatic carbocycles. The van der Waals surface area contributed by atoms with Gasteiger partial charge in [0.2, 0.25) is 0 Å². The normalized spacial score (nSPS) is 15.0. The lowest BCUT2D eigenvalue weighted by molar-refractivity contribution is -0.385. The lowest BCUT2D eigenvalue weighted by atomic mass is 10.1. The Morgan fingerprint density at radius 3 is 1.97 bits per heavy atom. The largest absolute Gasteiger partial charge is 0.492 e. The summed E-state index contributed by atoms with van der Waals surface area (Å²) < 4.78 is 10.5. The topological polar surface area (TPSA) is 197 Å². The first-order chi connectivity index (χ1) is 13.7. The van der Waals surface area contributed by atoms with E-state index in [2.05, 4.69) is 0 Å². The maximum atomic E-state index is 10.8. The molecular formula is C17H20N4O8. The van der Waals surface area contributed by atoms with Gasteiger partial charge in [0, 0.05) is 12.1 Å². The fourth-order valence-corrected chi connectivity index (χ4v) is 2.32. The second-order valence-corrected chi connectivity index (χ2v) is 6.05. The molecule has 29 heavy (non-hydrogen) atoms. The van der Waals surface area contributed by atoms with E-state index in [1.165, 1.54) is 42.5 Å². The van der Waals surface area contributed by atoms with Gasteiger partial charge in [-0.3, -0.25) is 26.0 Å². The van der Waals surface area contributed by atoms with E-state index in [0.717, 1.165) is 6.07 Å². The van der Waals surface area contributed by atoms with Gasteiger partial charge in [-0.1, -0.05) is 12.1 Å². The van der Waals surface area contributed by atoms with Crippen molar-refractivity contribution in [2.45, 2.75) is 24.5 Å². The Balaban J connectivity index is 1.93. The van der Waals surface area contributed by atoms with Gasteiger partial charge in [-0.05, 0) is 12.1 Å². The molecule has 0 unspecified atom stereocenters. The van der Waals surface area contributed by atoms with E-state index in [1.54, 1.807) is 0 Å². The van der Waals surface area contributed by atoms with Crippen LogP contribution >= 0.6 is 0 Å². The zero-order valence-corrected chi connectivity index (χ0v) is 15.0. The summed E-state index contributed by atoms with van der Waals surface area (Å²) in [5, 5.41) is 41.9. The number of hydrogen-bond acceptors (Lipinski definition) is 10. The Labute approximate surface area is 164 Å². The molecule has 6 N–H and O–H groups in total. The van der Waals surface area contributed by atoms with Crippen molar-refractivity contribution in [1.82, 2.24) is 0 Å². The number of rotatable bonds is 10. The van der Waals surface area contributed by atoms with E-state index in [1.807, 2.05) is 0 Å². The maximum absolute atomic E-state index is 10.8. The van der Waals surface area contributed by atoms with Crippen LogP contribution in [0.2, 0.25) is 0 Å². The number of nitro benzene ring substituents is 2. The molecule has 0 radical (unpaired) electrons. The average Bonchev–Trinajstić information content (AvgIpc) is 2.71. The summed E-state index contributed by atoms with van der Waals surface area (Å²) in [7, 11) is 0. The molecule has 0 amide bonds. The zero-order chi connectivity index (χ0) is 21.6. The van der Waals surface area contributed by atoms with Crippen molar-refractivity contribution in [2.24, 2.45) is 11.5 Å². The van der Waals surface area contributed by atoms with E-state index < -0.39 is 34.3 Å². The van der Waals surface area contributed by atoms with Crippen LogP contribution in [0, 0.1) is 20.2 Å². The average molecular weight is 408 g/mol. The number of benzene rings is 2. The van der Waals surface area contributed by atoms with Crippen molar-refractivity contribution in [3.05, 3.63) is 68.8 Å². The highest BCUT2D eigenvalue weighted by Gasteiger charge is 2.30. The Morgan fingerprint density at radius 1 is 0.897 bits per heavy atom. The van der Waals surface area contributed by atoms with Crippen LogP contribution in [0.25, 0.3) is 0 Å². The minimum Gasteiger partial charge on any atom is -0.492 e. The molecule has 0 spiro atoms. The molecule has 0 aromatic heterocycles. The first-order valence-electron chi connectivity index (χ1n) is 8.34. The van der Waals surface area contributed by atoms with Crippen LogP contribution in [0.1, 0.15) is 0 Å². The van der Waals surface area contributed by atoms with Crippen LogP contribution in [-0.4, -0.2) is 51.1 Å². The Hall–Kier alpha value is -3.32. The zero-order valence-electron chi connectivity index (χ0n) is 15.0. The third-order valence-corrected chi connectivity index (χ3v) is 3.90. The molecule has 0 aliphatic rings. The molecule has 2 aromatic rings. The molecule has 0 saturated carbocycles. The lowest BCUT2D eigenvalue weighted by Crippen LogP contribution is -2.54. The van der Waals surface area contributed by atoms with Gasteiger partial charge in [0.05, 0.1) is 28.0 Å². The van der Waals surface area contributed by atoms with Gasteiger partial charge < -0.3 is 25.4 Å². The van der Waals surface area contributed by atoms with Gasteiger partial charge in [0.25, 0.3) is 11.4 Å². The van der Waals surface area contributed by atoms with Crippen LogP contribution < -0.4 is 20.9 Å². The van der Waals surface area contributed by atoms with E-state index in [4.69, 9.17) is 20.9 Å². The molecule has 12 heteroatoms. The van der Waals surface area contributed by atoms with Crippen molar-refractivity contribution in [1.29, 1.82) is 0 Å². The van der Waals surface area contributed by atoms with Gasteiger partial charge in [0.1, 0.15) is 30.3 Å². The van der Waals surface area contributed by atoms with E-state index in [0.29, 0.717) is 0 Å². The number of hydrogen-bond donors (Lipinski definition) is 4. The lowest BCUT2D eigenvalue weighted by Gasteiger charge is -2.28. The van der Waals surface area contributed by atoms with Crippen LogP contribution in [-0.2, 0) is 0 Å². The molecule has 0 saturated heterocycles. The predicted octanol–water partition coefficient (Wildman–Crippen LogP) is 0.295. The number of nitrogens with two attached hydrogens (primary N) is 2. The fraction of sp³-hybridized carbons (Fsp3) is 0.294. The third-order valence-electron chi connectivity index (χ3n) is 3.90. The predicted molar refractivity (Wildman–Crippen MR) is 100 cm³/mol. The van der Waals surface area contributed by atoms with Crippen LogP contribution in [0.4, 0.5) is 11.4 Å². The quantitative estimate of drug-likeness (QED) is 0.241. The van der Waals surface area contributed by atoms with Gasteiger partial charge in [-0.25, -0.2) is 0 Å². The fourth-order valence-electron chi connectivity index (χ4n) is 2.32. The van der Waals surface area contributed by atoms with Gasteiger partial charge >= 0.3 is 0 Å². The summed E-state index contributed by atoms with van der Waals surface area (Å²) in [6.45, 7) is -0.275. The number of ether oxygens (including phenoxy) is 2. The molecule has 0 fully saturated rings. The molecule has 156 valence electrons. The van der Waals surface area contributed by atoms with Gasteiger partial charge in [0.15, 0.2) is 6.23 Å². The molecule has 0 bridgehead atoms. The summed E-state index contributed by atoms with van der Waals surface area (Å²) in [4.78, 5) is 20.3. The van der Waals surface area contributed by atoms with Gasteiger partial charge in [-0.2, -0.15) is 0 Å². The highest BCUT2D eigenvalue weighted by Crippen LogP contribution is 2.21. The second kappa shape index (κ2) is 9.75. The van der Waals surface area contributed by atoms with E-state index in [-0.39, 0.29) is 29.5 Å². The molecule has 0 heterocycles. The standard InChI is InChI=1S/C17H20N4O8/c18-14(9-28-12-5-1-3-10(7-12)20(24)25)15(22)16(23)17(19)29-13-6-2-4-11(8-13)21(26)27/h1-8,14-17,22-23H,9,18-19H2/t14-,15+,16-,17-/m0/s1. The summed E-state index contributed by atoms with van der Waals surface area (Å²) >= 11 is 0. The number of non-ortho nitro benzene ring substituents is 2. The summed E-state index contributed by atoms with van der Waals surface area (Å²) in [6, 6.07) is 9.41. The Morgan fingerprint density at radius 2 is 1.41 bits per heavy atom. The summed E-state index contributed by atoms with van der Waals surface area (Å²) in [5.41, 5.74) is 11.1. The minimum atomic E-state index is -1.64. The molecule has 0 aliphatic carbocycles. The first-order valence-corrected chi connectivity index (χ1v) is 8.34. The second-order valence-electron chi connectivity index (χ2n) is 6.05. The summed E-state index contributed by atoms with van der Waals surface area (Å²) in [5.74, 6) is 0.188. The monoisotopic (exact) mass is 408 g/mol. The van der Waals surface area contributed by atoms with E-state index >= 15 is 0 Å².